The van der Waals surface area contributed by atoms with Gasteiger partial charge >= 0.3 is 6.05 Å². The van der Waals surface area contributed by atoms with Crippen molar-refractivity contribution in [3.63, 3.8) is 0 Å². The van der Waals surface area contributed by atoms with E-state index in [-0.39, 0.29) is 35.5 Å². The van der Waals surface area contributed by atoms with Crippen molar-refractivity contribution in [2.24, 2.45) is 0 Å². The lowest BCUT2D eigenvalue weighted by atomic mass is 10.1. The van der Waals surface area contributed by atoms with Crippen molar-refractivity contribution in [1.82, 2.24) is 25.4 Å². The zero-order valence-electron chi connectivity index (χ0n) is 18.3. The maximum Gasteiger partial charge on any atom is 0.353 e. The first-order valence-electron chi connectivity index (χ1n) is 10.6. The molecule has 0 unspecified atom stereocenters. The van der Waals surface area contributed by atoms with Crippen molar-refractivity contribution in [3.05, 3.63) is 77.2 Å². The molecule has 0 radical (unpaired) electrons. The fourth-order valence-corrected chi connectivity index (χ4v) is 3.69. The normalized spacial score (nSPS) is 14.8. The zero-order valence-corrected chi connectivity index (χ0v) is 18.3. The number of aryl methyl sites for hydroxylation is 1. The molecule has 2 aromatic heterocycles. The number of halogens is 2. The van der Waals surface area contributed by atoms with E-state index < -0.39 is 23.6 Å². The van der Waals surface area contributed by atoms with Crippen LogP contribution in [0.4, 0.5) is 26.2 Å². The molecular weight excluding hydrogens is 460 g/mol. The number of alkyl halides is 2. The number of aromatic nitrogens is 4. The van der Waals surface area contributed by atoms with Crippen LogP contribution in [0.2, 0.25) is 0 Å². The first-order chi connectivity index (χ1) is 16.8. The van der Waals surface area contributed by atoms with E-state index in [1.165, 1.54) is 24.4 Å². The zero-order chi connectivity index (χ0) is 24.6. The predicted molar refractivity (Wildman–Crippen MR) is 121 cm³/mol. The number of fused-ring (bicyclic) bond motifs is 1. The van der Waals surface area contributed by atoms with E-state index in [4.69, 9.17) is 4.52 Å². The minimum atomic E-state index is -3.47. The molecule has 0 bridgehead atoms. The molecule has 1 aliphatic rings. The highest BCUT2D eigenvalue weighted by molar-refractivity contribution is 5.99. The smallest absolute Gasteiger partial charge is 0.353 e. The monoisotopic (exact) mass is 479 g/mol. The lowest BCUT2D eigenvalue weighted by Crippen LogP contribution is -2.29. The number of aliphatic hydroxyl groups excluding tert-OH is 1. The Bertz CT molecular complexity index is 1400. The summed E-state index contributed by atoms with van der Waals surface area (Å²) >= 11 is 0. The van der Waals surface area contributed by atoms with E-state index in [2.05, 4.69) is 30.7 Å². The number of rotatable bonds is 7. The Labute approximate surface area is 197 Å². The van der Waals surface area contributed by atoms with E-state index in [0.29, 0.717) is 11.4 Å². The lowest BCUT2D eigenvalue weighted by molar-refractivity contribution is -0.0241. The van der Waals surface area contributed by atoms with Gasteiger partial charge in [-0.2, -0.15) is 18.7 Å². The topological polar surface area (TPSA) is 138 Å². The average Bonchev–Trinajstić information content (AvgIpc) is 3.37. The van der Waals surface area contributed by atoms with Crippen LogP contribution in [0.5, 0.6) is 0 Å². The molecule has 1 aliphatic heterocycles. The minimum Gasteiger partial charge on any atom is -0.394 e. The van der Waals surface area contributed by atoms with Gasteiger partial charge in [0, 0.05) is 11.9 Å². The van der Waals surface area contributed by atoms with Gasteiger partial charge in [-0.3, -0.25) is 10.1 Å². The van der Waals surface area contributed by atoms with Crippen LogP contribution in [-0.2, 0) is 6.05 Å². The molecule has 1 atom stereocenters. The number of hydrogen-bond acceptors (Lipinski definition) is 9. The summed E-state index contributed by atoms with van der Waals surface area (Å²) in [5.41, 5.74) is 0.927. The molecule has 0 fully saturated rings. The van der Waals surface area contributed by atoms with Gasteiger partial charge in [0.2, 0.25) is 5.95 Å². The third kappa shape index (κ3) is 4.38. The number of amides is 1. The summed E-state index contributed by atoms with van der Waals surface area (Å²) in [6.45, 7) is 1.43. The predicted octanol–water partition coefficient (Wildman–Crippen LogP) is 3.52. The third-order valence-corrected chi connectivity index (χ3v) is 5.37. The van der Waals surface area contributed by atoms with Gasteiger partial charge in [0.25, 0.3) is 11.8 Å². The Hall–Kier alpha value is -4.45. The Morgan fingerprint density at radius 3 is 2.66 bits per heavy atom. The van der Waals surface area contributed by atoms with Crippen molar-refractivity contribution in [1.29, 1.82) is 0 Å². The summed E-state index contributed by atoms with van der Waals surface area (Å²) in [7, 11) is 0. The summed E-state index contributed by atoms with van der Waals surface area (Å²) in [4.78, 5) is 24.7. The SMILES string of the molecule is Cc1noc(-c2cnc(Nc3ccc4c(c3)C(F)(F)NC4=O)nc2N[C@H](CO)c2ccccc2)n1. The number of nitrogens with zero attached hydrogens (tertiary/aromatic N) is 4. The van der Waals surface area contributed by atoms with Crippen LogP contribution in [0.3, 0.4) is 0 Å². The van der Waals surface area contributed by atoms with Crippen LogP contribution in [-0.4, -0.2) is 37.7 Å². The Balaban J connectivity index is 1.50. The summed E-state index contributed by atoms with van der Waals surface area (Å²) in [6, 6.07) is 9.22. The Morgan fingerprint density at radius 1 is 1.14 bits per heavy atom. The fraction of sp³-hybridized carbons (Fsp3) is 0.174. The number of benzene rings is 2. The van der Waals surface area contributed by atoms with E-state index in [9.17, 15) is 18.7 Å². The molecule has 3 heterocycles. The molecule has 4 N–H and O–H groups in total. The summed E-state index contributed by atoms with van der Waals surface area (Å²) in [6.07, 6.45) is 1.44. The molecule has 0 saturated heterocycles. The highest BCUT2D eigenvalue weighted by atomic mass is 19.3. The van der Waals surface area contributed by atoms with Gasteiger partial charge in [-0.25, -0.2) is 4.98 Å². The number of anilines is 3. The van der Waals surface area contributed by atoms with Gasteiger partial charge in [-0.1, -0.05) is 35.5 Å². The summed E-state index contributed by atoms with van der Waals surface area (Å²) in [5, 5.41) is 21.5. The largest absolute Gasteiger partial charge is 0.394 e. The highest BCUT2D eigenvalue weighted by Crippen LogP contribution is 2.36. The fourth-order valence-electron chi connectivity index (χ4n) is 3.69. The van der Waals surface area contributed by atoms with E-state index in [1.54, 1.807) is 12.2 Å². The standard InChI is InChI=1S/C23H19F2N7O3/c1-12-27-21(35-32-12)16-10-26-22(30-19(16)29-18(11-33)13-5-3-2-4-6-13)28-14-7-8-15-17(9-14)23(24,25)31-20(15)34/h2-10,18,33H,11H2,1H3,(H,31,34)(H2,26,28,29,30)/t18-/m1/s1. The molecule has 178 valence electrons. The van der Waals surface area contributed by atoms with Crippen molar-refractivity contribution >= 4 is 23.4 Å². The van der Waals surface area contributed by atoms with Crippen molar-refractivity contribution in [2.75, 3.05) is 17.2 Å². The molecule has 0 spiro atoms. The number of carbonyl (C=O) groups is 1. The number of nitrogens with one attached hydrogen (secondary N) is 3. The van der Waals surface area contributed by atoms with Gasteiger partial charge in [-0.15, -0.1) is 0 Å². The second kappa shape index (κ2) is 8.72. The van der Waals surface area contributed by atoms with E-state index in [1.807, 2.05) is 30.3 Å². The quantitative estimate of drug-likeness (QED) is 0.293. The molecule has 10 nitrogen and oxygen atoms in total. The van der Waals surface area contributed by atoms with Gasteiger partial charge in [0.1, 0.15) is 11.4 Å². The summed E-state index contributed by atoms with van der Waals surface area (Å²) in [5.74, 6) is 0.102. The highest BCUT2D eigenvalue weighted by Gasteiger charge is 2.44. The van der Waals surface area contributed by atoms with Crippen molar-refractivity contribution in [2.45, 2.75) is 19.0 Å². The molecule has 0 aliphatic carbocycles. The maximum absolute atomic E-state index is 14.1. The second-order valence-corrected chi connectivity index (χ2v) is 7.81. The molecule has 12 heteroatoms. The Morgan fingerprint density at radius 2 is 1.94 bits per heavy atom. The van der Waals surface area contributed by atoms with Crippen LogP contribution >= 0.6 is 0 Å². The first-order valence-corrected chi connectivity index (χ1v) is 10.6. The molecular formula is C23H19F2N7O3. The molecule has 4 aromatic rings. The average molecular weight is 479 g/mol. The van der Waals surface area contributed by atoms with Crippen molar-refractivity contribution in [3.8, 4) is 11.5 Å². The molecule has 5 rings (SSSR count). The third-order valence-electron chi connectivity index (χ3n) is 5.37. The minimum absolute atomic E-state index is 0.0813. The first kappa shape index (κ1) is 22.3. The molecule has 1 amide bonds. The summed E-state index contributed by atoms with van der Waals surface area (Å²) < 4.78 is 33.5. The number of aliphatic hydroxyl groups is 1. The van der Waals surface area contributed by atoms with Crippen LogP contribution < -0.4 is 16.0 Å². The second-order valence-electron chi connectivity index (χ2n) is 7.81. The van der Waals surface area contributed by atoms with Crippen LogP contribution in [0, 0.1) is 6.92 Å². The van der Waals surface area contributed by atoms with Crippen LogP contribution in [0.15, 0.2) is 59.3 Å². The van der Waals surface area contributed by atoms with Crippen LogP contribution in [0.1, 0.15) is 33.4 Å². The van der Waals surface area contributed by atoms with Gasteiger partial charge in [-0.05, 0) is 30.7 Å². The Kier molecular flexibility index (Phi) is 5.57. The maximum atomic E-state index is 14.1. The van der Waals surface area contributed by atoms with Crippen LogP contribution in [0.25, 0.3) is 11.5 Å². The molecule has 2 aromatic carbocycles. The molecule has 0 saturated carbocycles. The van der Waals surface area contributed by atoms with Gasteiger partial charge in [0.15, 0.2) is 5.82 Å². The van der Waals surface area contributed by atoms with E-state index in [0.717, 1.165) is 5.56 Å². The molecule has 35 heavy (non-hydrogen) atoms. The van der Waals surface area contributed by atoms with Gasteiger partial charge in [0.05, 0.1) is 23.8 Å². The number of carbonyl (C=O) groups excluding carboxylic acids is 1. The van der Waals surface area contributed by atoms with Crippen molar-refractivity contribution < 1.29 is 23.2 Å². The number of hydrogen-bond donors (Lipinski definition) is 4. The van der Waals surface area contributed by atoms with E-state index >= 15 is 0 Å². The van der Waals surface area contributed by atoms with Gasteiger partial charge < -0.3 is 20.3 Å². The lowest BCUT2D eigenvalue weighted by Gasteiger charge is -2.19.